The molecule has 2 unspecified atom stereocenters. The van der Waals surface area contributed by atoms with E-state index in [1.165, 1.54) is 0 Å². The van der Waals surface area contributed by atoms with E-state index in [1.54, 1.807) is 6.92 Å². The van der Waals surface area contributed by atoms with Crippen LogP contribution < -0.4 is 0 Å². The van der Waals surface area contributed by atoms with Crippen molar-refractivity contribution in [3.8, 4) is 0 Å². The van der Waals surface area contributed by atoms with Gasteiger partial charge in [-0.15, -0.1) is 0 Å². The Labute approximate surface area is 75.3 Å². The third kappa shape index (κ3) is 5.53. The summed E-state index contributed by atoms with van der Waals surface area (Å²) in [5.74, 6) is 0. The van der Waals surface area contributed by atoms with Gasteiger partial charge in [0.1, 0.15) is 5.67 Å². The quantitative estimate of drug-likeness (QED) is 0.603. The summed E-state index contributed by atoms with van der Waals surface area (Å²) in [6.45, 7) is 8.12. The van der Waals surface area contributed by atoms with E-state index in [0.29, 0.717) is 19.4 Å². The van der Waals surface area contributed by atoms with E-state index in [2.05, 4.69) is 6.92 Å². The molecule has 0 aliphatic carbocycles. The Hall–Kier alpha value is -0.110. The molecule has 0 spiro atoms. The second kappa shape index (κ2) is 5.52. The third-order valence-corrected chi connectivity index (χ3v) is 2.34. The molecule has 0 aliphatic rings. The molecular formula is C10H21FO. The number of alkyl halides is 1. The molecule has 0 aliphatic heterocycles. The first-order valence-electron chi connectivity index (χ1n) is 4.82. The fraction of sp³-hybridized carbons (Fsp3) is 1.00. The second-order valence-corrected chi connectivity index (χ2v) is 3.61. The molecule has 2 heteroatoms. The fourth-order valence-electron chi connectivity index (χ4n) is 0.768. The van der Waals surface area contributed by atoms with Gasteiger partial charge in [0.2, 0.25) is 0 Å². The van der Waals surface area contributed by atoms with Gasteiger partial charge in [0.15, 0.2) is 0 Å². The zero-order valence-electron chi connectivity index (χ0n) is 8.69. The minimum Gasteiger partial charge on any atom is -0.378 e. The summed E-state index contributed by atoms with van der Waals surface area (Å²) < 4.78 is 18.7. The smallest absolute Gasteiger partial charge is 0.110 e. The lowest BCUT2D eigenvalue weighted by atomic mass is 10.0. The predicted octanol–water partition coefficient (Wildman–Crippen LogP) is 3.33. The molecule has 1 nitrogen and oxygen atoms in total. The van der Waals surface area contributed by atoms with Crippen molar-refractivity contribution >= 4 is 0 Å². The van der Waals surface area contributed by atoms with Crippen molar-refractivity contribution in [3.05, 3.63) is 0 Å². The Morgan fingerprint density at radius 1 is 1.42 bits per heavy atom. The van der Waals surface area contributed by atoms with E-state index in [4.69, 9.17) is 4.74 Å². The molecule has 0 aromatic heterocycles. The molecule has 0 aromatic rings. The van der Waals surface area contributed by atoms with Gasteiger partial charge < -0.3 is 4.74 Å². The highest BCUT2D eigenvalue weighted by atomic mass is 19.1. The highest BCUT2D eigenvalue weighted by molar-refractivity contribution is 4.70. The normalized spacial score (nSPS) is 18.8. The molecular weight excluding hydrogens is 155 g/mol. The molecule has 0 fully saturated rings. The summed E-state index contributed by atoms with van der Waals surface area (Å²) in [7, 11) is 0. The molecule has 0 heterocycles. The van der Waals surface area contributed by atoms with Crippen LogP contribution in [0, 0.1) is 0 Å². The number of ether oxygens (including phenoxy) is 1. The average molecular weight is 176 g/mol. The van der Waals surface area contributed by atoms with E-state index in [0.717, 1.165) is 6.42 Å². The van der Waals surface area contributed by atoms with Gasteiger partial charge in [-0.25, -0.2) is 4.39 Å². The molecule has 0 saturated carbocycles. The predicted molar refractivity (Wildman–Crippen MR) is 50.1 cm³/mol. The van der Waals surface area contributed by atoms with Gasteiger partial charge >= 0.3 is 0 Å². The van der Waals surface area contributed by atoms with Crippen molar-refractivity contribution < 1.29 is 9.13 Å². The zero-order valence-corrected chi connectivity index (χ0v) is 8.69. The van der Waals surface area contributed by atoms with Crippen molar-refractivity contribution in [1.29, 1.82) is 0 Å². The Bertz CT molecular complexity index is 112. The van der Waals surface area contributed by atoms with Crippen molar-refractivity contribution in [2.75, 3.05) is 6.61 Å². The molecule has 74 valence electrons. The summed E-state index contributed by atoms with van der Waals surface area (Å²) in [5.41, 5.74) is -1.05. The SMILES string of the molecule is CCC(C)OCCC(C)(F)CC. The van der Waals surface area contributed by atoms with Crippen LogP contribution in [0.1, 0.15) is 47.0 Å². The first-order chi connectivity index (χ1) is 5.52. The van der Waals surface area contributed by atoms with E-state index >= 15 is 0 Å². The monoisotopic (exact) mass is 176 g/mol. The van der Waals surface area contributed by atoms with Gasteiger partial charge in [-0.1, -0.05) is 13.8 Å². The molecule has 12 heavy (non-hydrogen) atoms. The summed E-state index contributed by atoms with van der Waals surface area (Å²) in [6, 6.07) is 0. The lowest BCUT2D eigenvalue weighted by Crippen LogP contribution is -2.20. The Morgan fingerprint density at radius 3 is 2.42 bits per heavy atom. The lowest BCUT2D eigenvalue weighted by Gasteiger charge is -2.19. The minimum atomic E-state index is -1.05. The molecule has 0 amide bonds. The first-order valence-corrected chi connectivity index (χ1v) is 4.82. The molecule has 0 radical (unpaired) electrons. The third-order valence-electron chi connectivity index (χ3n) is 2.34. The van der Waals surface area contributed by atoms with E-state index < -0.39 is 5.67 Å². The summed E-state index contributed by atoms with van der Waals surface area (Å²) in [5, 5.41) is 0. The molecule has 2 atom stereocenters. The van der Waals surface area contributed by atoms with Crippen LogP contribution in [0.2, 0.25) is 0 Å². The molecule has 0 bridgehead atoms. The van der Waals surface area contributed by atoms with Crippen LogP contribution in [0.15, 0.2) is 0 Å². The van der Waals surface area contributed by atoms with Crippen LogP contribution in [0.3, 0.4) is 0 Å². The van der Waals surface area contributed by atoms with E-state index in [-0.39, 0.29) is 6.10 Å². The van der Waals surface area contributed by atoms with Crippen molar-refractivity contribution in [1.82, 2.24) is 0 Å². The van der Waals surface area contributed by atoms with Gasteiger partial charge in [-0.2, -0.15) is 0 Å². The zero-order chi connectivity index (χ0) is 9.61. The van der Waals surface area contributed by atoms with Crippen LogP contribution in [-0.4, -0.2) is 18.4 Å². The fourth-order valence-corrected chi connectivity index (χ4v) is 0.768. The summed E-state index contributed by atoms with van der Waals surface area (Å²) in [4.78, 5) is 0. The number of halogens is 1. The molecule has 0 N–H and O–H groups in total. The maximum absolute atomic E-state index is 13.3. The Balaban J connectivity index is 3.42. The second-order valence-electron chi connectivity index (χ2n) is 3.61. The number of hydrogen-bond donors (Lipinski definition) is 0. The Kier molecular flexibility index (Phi) is 5.47. The maximum Gasteiger partial charge on any atom is 0.110 e. The van der Waals surface area contributed by atoms with Gasteiger partial charge in [0.05, 0.1) is 6.10 Å². The van der Waals surface area contributed by atoms with Crippen molar-refractivity contribution in [2.24, 2.45) is 0 Å². The molecule has 0 rings (SSSR count). The first kappa shape index (κ1) is 11.9. The highest BCUT2D eigenvalue weighted by Gasteiger charge is 2.19. The highest BCUT2D eigenvalue weighted by Crippen LogP contribution is 2.19. The van der Waals surface area contributed by atoms with E-state index in [9.17, 15) is 4.39 Å². The van der Waals surface area contributed by atoms with Crippen LogP contribution in [0.25, 0.3) is 0 Å². The van der Waals surface area contributed by atoms with Crippen LogP contribution >= 0.6 is 0 Å². The standard InChI is InChI=1S/C10H21FO/c1-5-9(3)12-8-7-10(4,11)6-2/h9H,5-8H2,1-4H3. The van der Waals surface area contributed by atoms with Crippen LogP contribution in [-0.2, 0) is 4.74 Å². The topological polar surface area (TPSA) is 9.23 Å². The average Bonchev–Trinajstić information content (AvgIpc) is 2.04. The maximum atomic E-state index is 13.3. The Morgan fingerprint density at radius 2 is 2.00 bits per heavy atom. The van der Waals surface area contributed by atoms with Gasteiger partial charge in [0, 0.05) is 13.0 Å². The van der Waals surface area contributed by atoms with Crippen molar-refractivity contribution in [2.45, 2.75) is 58.7 Å². The molecule has 0 aromatic carbocycles. The summed E-state index contributed by atoms with van der Waals surface area (Å²) in [6.07, 6.45) is 2.33. The van der Waals surface area contributed by atoms with Crippen LogP contribution in [0.5, 0.6) is 0 Å². The lowest BCUT2D eigenvalue weighted by molar-refractivity contribution is 0.0304. The molecule has 0 saturated heterocycles. The van der Waals surface area contributed by atoms with E-state index in [1.807, 2.05) is 13.8 Å². The van der Waals surface area contributed by atoms with Gasteiger partial charge in [-0.05, 0) is 26.7 Å². The van der Waals surface area contributed by atoms with Crippen LogP contribution in [0.4, 0.5) is 4.39 Å². The van der Waals surface area contributed by atoms with Gasteiger partial charge in [-0.3, -0.25) is 0 Å². The number of hydrogen-bond acceptors (Lipinski definition) is 1. The minimum absolute atomic E-state index is 0.262. The van der Waals surface area contributed by atoms with Gasteiger partial charge in [0.25, 0.3) is 0 Å². The largest absolute Gasteiger partial charge is 0.378 e. The summed E-state index contributed by atoms with van der Waals surface area (Å²) >= 11 is 0. The number of rotatable bonds is 6. The van der Waals surface area contributed by atoms with Crippen molar-refractivity contribution in [3.63, 3.8) is 0 Å².